The second-order valence-corrected chi connectivity index (χ2v) is 8.01. The molecule has 158 valence electrons. The summed E-state index contributed by atoms with van der Waals surface area (Å²) in [5.74, 6) is -0.0233. The van der Waals surface area contributed by atoms with Gasteiger partial charge >= 0.3 is 5.97 Å². The summed E-state index contributed by atoms with van der Waals surface area (Å²) in [6, 6.07) is 3.11. The maximum atomic E-state index is 11.2. The van der Waals surface area contributed by atoms with Crippen LogP contribution in [0.2, 0.25) is 5.02 Å². The molecule has 0 aliphatic heterocycles. The van der Waals surface area contributed by atoms with Gasteiger partial charge in [0.05, 0.1) is 16.9 Å². The van der Waals surface area contributed by atoms with Crippen LogP contribution in [0.15, 0.2) is 17.3 Å². The number of carboxylic acid groups (broad SMARTS) is 1. The van der Waals surface area contributed by atoms with Crippen LogP contribution in [0, 0.1) is 13.8 Å². The second-order valence-electron chi connectivity index (χ2n) is 7.60. The number of hydrogen-bond acceptors (Lipinski definition) is 6. The molecule has 1 N–H and O–H groups in total. The van der Waals surface area contributed by atoms with E-state index < -0.39 is 17.7 Å². The molecule has 0 aliphatic rings. The molecule has 0 spiro atoms. The molecule has 29 heavy (non-hydrogen) atoms. The van der Waals surface area contributed by atoms with Gasteiger partial charge in [0.15, 0.2) is 11.9 Å². The van der Waals surface area contributed by atoms with Gasteiger partial charge in [0.2, 0.25) is 5.88 Å². The number of oxime groups is 1. The highest BCUT2D eigenvalue weighted by molar-refractivity contribution is 6.32. The topological polar surface area (TPSA) is 95.2 Å². The summed E-state index contributed by atoms with van der Waals surface area (Å²) in [6.07, 6.45) is 0.338. The Bertz CT molecular complexity index is 931. The van der Waals surface area contributed by atoms with Crippen LogP contribution in [0.5, 0.6) is 17.4 Å². The van der Waals surface area contributed by atoms with Crippen LogP contribution in [-0.2, 0) is 16.7 Å². The van der Waals surface area contributed by atoms with E-state index in [1.54, 1.807) is 17.8 Å². The van der Waals surface area contributed by atoms with E-state index >= 15 is 0 Å². The molecule has 0 amide bonds. The van der Waals surface area contributed by atoms with Crippen LogP contribution in [0.3, 0.4) is 0 Å². The van der Waals surface area contributed by atoms with Crippen molar-refractivity contribution in [3.05, 3.63) is 34.0 Å². The summed E-state index contributed by atoms with van der Waals surface area (Å²) >= 11 is 6.40. The van der Waals surface area contributed by atoms with Crippen molar-refractivity contribution >= 4 is 23.8 Å². The van der Waals surface area contributed by atoms with E-state index in [1.807, 2.05) is 34.6 Å². The predicted molar refractivity (Wildman–Crippen MR) is 110 cm³/mol. The molecule has 0 saturated heterocycles. The highest BCUT2D eigenvalue weighted by Gasteiger charge is 2.19. The van der Waals surface area contributed by atoms with Crippen LogP contribution < -0.4 is 9.47 Å². The lowest BCUT2D eigenvalue weighted by Gasteiger charge is -2.17. The summed E-state index contributed by atoms with van der Waals surface area (Å²) in [4.78, 5) is 16.6. The van der Waals surface area contributed by atoms with E-state index in [1.165, 1.54) is 19.2 Å². The first-order chi connectivity index (χ1) is 13.4. The van der Waals surface area contributed by atoms with Gasteiger partial charge in [-0.2, -0.15) is 5.10 Å². The van der Waals surface area contributed by atoms with Gasteiger partial charge in [-0.1, -0.05) is 16.8 Å². The van der Waals surface area contributed by atoms with Gasteiger partial charge in [0.25, 0.3) is 0 Å². The molecule has 0 saturated carbocycles. The summed E-state index contributed by atoms with van der Waals surface area (Å²) < 4.78 is 13.1. The molecule has 1 heterocycles. The molecule has 8 nitrogen and oxygen atoms in total. The van der Waals surface area contributed by atoms with Crippen molar-refractivity contribution in [3.8, 4) is 17.4 Å². The zero-order valence-corrected chi connectivity index (χ0v) is 18.4. The van der Waals surface area contributed by atoms with E-state index in [0.29, 0.717) is 22.2 Å². The molecule has 2 aromatic rings. The van der Waals surface area contributed by atoms with E-state index in [2.05, 4.69) is 10.3 Å². The SMILES string of the molecule is Cc1nn(C)c(Oc2cc(O[C@@H](C)C(=O)O)c(C=NOC(C)(C)C)cc2Cl)c1C. The molecule has 0 radical (unpaired) electrons. The Morgan fingerprint density at radius 2 is 1.97 bits per heavy atom. The lowest BCUT2D eigenvalue weighted by Crippen LogP contribution is -2.23. The standard InChI is InChI=1S/C20H26ClN3O5/c1-11-12(2)23-24(7)18(11)28-17-9-16(27-13(3)19(25)26)14(8-15(17)21)10-22-29-20(4,5)6/h8-10,13H,1-7H3,(H,25,26)/t13-/m0/s1. The van der Waals surface area contributed by atoms with E-state index in [0.717, 1.165) is 11.3 Å². The first-order valence-electron chi connectivity index (χ1n) is 9.01. The zero-order chi connectivity index (χ0) is 21.9. The fourth-order valence-electron chi connectivity index (χ4n) is 2.30. The second kappa shape index (κ2) is 8.73. The lowest BCUT2D eigenvalue weighted by molar-refractivity contribution is -0.144. The first-order valence-corrected chi connectivity index (χ1v) is 9.39. The first kappa shape index (κ1) is 22.5. The Balaban J connectivity index is 2.44. The molecule has 0 bridgehead atoms. The van der Waals surface area contributed by atoms with Crippen molar-refractivity contribution in [1.29, 1.82) is 0 Å². The zero-order valence-electron chi connectivity index (χ0n) is 17.6. The number of aliphatic carboxylic acids is 1. The number of carbonyl (C=O) groups is 1. The number of rotatable bonds is 7. The molecular formula is C20H26ClN3O5. The van der Waals surface area contributed by atoms with Crippen LogP contribution >= 0.6 is 11.6 Å². The minimum Gasteiger partial charge on any atom is -0.479 e. The van der Waals surface area contributed by atoms with Gasteiger partial charge < -0.3 is 19.4 Å². The van der Waals surface area contributed by atoms with Crippen molar-refractivity contribution in [1.82, 2.24) is 9.78 Å². The summed E-state index contributed by atoms with van der Waals surface area (Å²) in [6.45, 7) is 10.8. The Morgan fingerprint density at radius 3 is 2.48 bits per heavy atom. The quantitative estimate of drug-likeness (QED) is 0.521. The number of halogens is 1. The molecule has 9 heteroatoms. The van der Waals surface area contributed by atoms with E-state index in [9.17, 15) is 9.90 Å². The monoisotopic (exact) mass is 423 g/mol. The van der Waals surface area contributed by atoms with Crippen molar-refractivity contribution in [2.45, 2.75) is 53.2 Å². The normalized spacial score (nSPS) is 12.8. The molecule has 0 fully saturated rings. The molecular weight excluding hydrogens is 398 g/mol. The smallest absolute Gasteiger partial charge is 0.344 e. The summed E-state index contributed by atoms with van der Waals surface area (Å²) in [5.41, 5.74) is 1.68. The van der Waals surface area contributed by atoms with Gasteiger partial charge in [-0.15, -0.1) is 0 Å². The van der Waals surface area contributed by atoms with E-state index in [-0.39, 0.29) is 5.75 Å². The average Bonchev–Trinajstić information content (AvgIpc) is 2.83. The van der Waals surface area contributed by atoms with Crippen LogP contribution in [-0.4, -0.2) is 38.8 Å². The fraction of sp³-hybridized carbons (Fsp3) is 0.450. The number of benzene rings is 1. The van der Waals surface area contributed by atoms with Gasteiger partial charge in [0, 0.05) is 24.2 Å². The Morgan fingerprint density at radius 1 is 1.31 bits per heavy atom. The molecule has 1 atom stereocenters. The Hall–Kier alpha value is -2.74. The molecule has 0 aliphatic carbocycles. The summed E-state index contributed by atoms with van der Waals surface area (Å²) in [7, 11) is 1.76. The van der Waals surface area contributed by atoms with Gasteiger partial charge in [-0.05, 0) is 47.6 Å². The Labute approximate surface area is 175 Å². The minimum absolute atomic E-state index is 0.247. The van der Waals surface area contributed by atoms with Crippen molar-refractivity contribution in [2.24, 2.45) is 12.2 Å². The van der Waals surface area contributed by atoms with Gasteiger partial charge in [-0.3, -0.25) is 0 Å². The van der Waals surface area contributed by atoms with E-state index in [4.69, 9.17) is 25.9 Å². The van der Waals surface area contributed by atoms with Crippen molar-refractivity contribution < 1.29 is 24.2 Å². The third-order valence-corrected chi connectivity index (χ3v) is 4.19. The molecule has 1 aromatic carbocycles. The third-order valence-electron chi connectivity index (χ3n) is 3.90. The third kappa shape index (κ3) is 5.87. The number of hydrogen-bond donors (Lipinski definition) is 1. The lowest BCUT2D eigenvalue weighted by atomic mass is 10.2. The maximum absolute atomic E-state index is 11.2. The maximum Gasteiger partial charge on any atom is 0.344 e. The van der Waals surface area contributed by atoms with Crippen LogP contribution in [0.25, 0.3) is 0 Å². The molecule has 0 unspecified atom stereocenters. The highest BCUT2D eigenvalue weighted by Crippen LogP contribution is 2.37. The van der Waals surface area contributed by atoms with Crippen molar-refractivity contribution in [3.63, 3.8) is 0 Å². The number of ether oxygens (including phenoxy) is 2. The Kier molecular flexibility index (Phi) is 6.79. The molecule has 1 aromatic heterocycles. The number of carboxylic acids is 1. The number of nitrogens with zero attached hydrogens (tertiary/aromatic N) is 3. The predicted octanol–water partition coefficient (Wildman–Crippen LogP) is 4.48. The van der Waals surface area contributed by atoms with Crippen LogP contribution in [0.1, 0.15) is 44.5 Å². The van der Waals surface area contributed by atoms with Gasteiger partial charge in [-0.25, -0.2) is 9.48 Å². The average molecular weight is 424 g/mol. The number of aryl methyl sites for hydroxylation is 2. The minimum atomic E-state index is -1.10. The largest absolute Gasteiger partial charge is 0.479 e. The fourth-order valence-corrected chi connectivity index (χ4v) is 2.51. The van der Waals surface area contributed by atoms with Crippen molar-refractivity contribution in [2.75, 3.05) is 0 Å². The highest BCUT2D eigenvalue weighted by atomic mass is 35.5. The van der Waals surface area contributed by atoms with Gasteiger partial charge in [0.1, 0.15) is 11.4 Å². The summed E-state index contributed by atoms with van der Waals surface area (Å²) in [5, 5.41) is 17.8. The number of aromatic nitrogens is 2. The van der Waals surface area contributed by atoms with Crippen LogP contribution in [0.4, 0.5) is 0 Å². The molecule has 2 rings (SSSR count).